The van der Waals surface area contributed by atoms with Gasteiger partial charge in [0.1, 0.15) is 10.7 Å². The predicted molar refractivity (Wildman–Crippen MR) is 88.1 cm³/mol. The molecule has 2 heterocycles. The Labute approximate surface area is 129 Å². The molecule has 0 bridgehead atoms. The molecule has 0 aliphatic heterocycles. The molecule has 1 saturated carbocycles. The van der Waals surface area contributed by atoms with Gasteiger partial charge in [0.25, 0.3) is 5.56 Å². The van der Waals surface area contributed by atoms with Crippen molar-refractivity contribution in [1.29, 1.82) is 0 Å². The summed E-state index contributed by atoms with van der Waals surface area (Å²) in [7, 11) is 0. The standard InChI is InChI=1S/C16H23N3OS/c1-9-11(3)21-16-13(9)15(20)18-14(19-16)10(2)17-12-7-5-4-6-8-12/h10,12,17H,4-8H2,1-3H3,(H,18,19,20). The molecule has 3 rings (SSSR count). The minimum atomic E-state index is -0.00542. The maximum absolute atomic E-state index is 12.3. The molecule has 2 N–H and O–H groups in total. The summed E-state index contributed by atoms with van der Waals surface area (Å²) in [4.78, 5) is 22.0. The molecular formula is C16H23N3OS. The van der Waals surface area contributed by atoms with Crippen LogP contribution in [0.2, 0.25) is 0 Å². The summed E-state index contributed by atoms with van der Waals surface area (Å²) in [6.07, 6.45) is 6.41. The molecule has 2 aromatic heterocycles. The largest absolute Gasteiger partial charge is 0.309 e. The van der Waals surface area contributed by atoms with Gasteiger partial charge in [-0.15, -0.1) is 11.3 Å². The topological polar surface area (TPSA) is 57.8 Å². The number of rotatable bonds is 3. The highest BCUT2D eigenvalue weighted by Crippen LogP contribution is 2.27. The fourth-order valence-corrected chi connectivity index (χ4v) is 4.22. The molecule has 1 fully saturated rings. The van der Waals surface area contributed by atoms with Crippen LogP contribution in [0.4, 0.5) is 0 Å². The van der Waals surface area contributed by atoms with E-state index in [0.717, 1.165) is 21.6 Å². The smallest absolute Gasteiger partial charge is 0.259 e. The zero-order chi connectivity index (χ0) is 15.0. The minimum absolute atomic E-state index is 0.00542. The lowest BCUT2D eigenvalue weighted by Gasteiger charge is -2.26. The zero-order valence-corrected chi connectivity index (χ0v) is 13.8. The number of H-pyrrole nitrogens is 1. The van der Waals surface area contributed by atoms with E-state index in [-0.39, 0.29) is 11.6 Å². The Balaban J connectivity index is 1.87. The molecule has 0 spiro atoms. The first-order valence-electron chi connectivity index (χ1n) is 7.82. The molecule has 5 heteroatoms. The molecule has 1 atom stereocenters. The van der Waals surface area contributed by atoms with Gasteiger partial charge < -0.3 is 10.3 Å². The lowest BCUT2D eigenvalue weighted by Crippen LogP contribution is -2.34. The van der Waals surface area contributed by atoms with Crippen LogP contribution in [-0.2, 0) is 0 Å². The van der Waals surface area contributed by atoms with Gasteiger partial charge in [0.2, 0.25) is 0 Å². The lowest BCUT2D eigenvalue weighted by molar-refractivity contribution is 0.342. The highest BCUT2D eigenvalue weighted by Gasteiger charge is 2.19. The normalized spacial score (nSPS) is 18.2. The monoisotopic (exact) mass is 305 g/mol. The van der Waals surface area contributed by atoms with E-state index < -0.39 is 0 Å². The number of nitrogens with one attached hydrogen (secondary N) is 2. The average Bonchev–Trinajstić information content (AvgIpc) is 2.75. The van der Waals surface area contributed by atoms with Crippen LogP contribution in [0.25, 0.3) is 10.2 Å². The van der Waals surface area contributed by atoms with Gasteiger partial charge in [-0.1, -0.05) is 19.3 Å². The number of aryl methyl sites for hydroxylation is 2. The minimum Gasteiger partial charge on any atom is -0.309 e. The van der Waals surface area contributed by atoms with E-state index in [1.54, 1.807) is 11.3 Å². The van der Waals surface area contributed by atoms with Crippen molar-refractivity contribution < 1.29 is 0 Å². The molecule has 1 aliphatic carbocycles. The Morgan fingerprint density at radius 2 is 2.00 bits per heavy atom. The van der Waals surface area contributed by atoms with Gasteiger partial charge in [-0.3, -0.25) is 4.79 Å². The van der Waals surface area contributed by atoms with E-state index in [1.807, 2.05) is 13.8 Å². The van der Waals surface area contributed by atoms with Crippen molar-refractivity contribution in [3.63, 3.8) is 0 Å². The highest BCUT2D eigenvalue weighted by atomic mass is 32.1. The van der Waals surface area contributed by atoms with E-state index in [4.69, 9.17) is 0 Å². The maximum Gasteiger partial charge on any atom is 0.259 e. The maximum atomic E-state index is 12.3. The Bertz CT molecular complexity index is 697. The first-order valence-corrected chi connectivity index (χ1v) is 8.64. The second-order valence-electron chi connectivity index (χ2n) is 6.14. The average molecular weight is 305 g/mol. The van der Waals surface area contributed by atoms with Crippen LogP contribution in [0.15, 0.2) is 4.79 Å². The summed E-state index contributed by atoms with van der Waals surface area (Å²) >= 11 is 1.61. The first kappa shape index (κ1) is 14.7. The van der Waals surface area contributed by atoms with Crippen molar-refractivity contribution in [3.05, 3.63) is 26.6 Å². The van der Waals surface area contributed by atoms with E-state index >= 15 is 0 Å². The van der Waals surface area contributed by atoms with Crippen LogP contribution in [0.3, 0.4) is 0 Å². The van der Waals surface area contributed by atoms with Crippen LogP contribution in [-0.4, -0.2) is 16.0 Å². The van der Waals surface area contributed by atoms with Crippen molar-refractivity contribution in [2.45, 2.75) is 65.0 Å². The van der Waals surface area contributed by atoms with Gasteiger partial charge in [-0.05, 0) is 39.2 Å². The fourth-order valence-electron chi connectivity index (χ4n) is 3.18. The van der Waals surface area contributed by atoms with Crippen molar-refractivity contribution in [1.82, 2.24) is 15.3 Å². The first-order chi connectivity index (χ1) is 10.1. The third-order valence-corrected chi connectivity index (χ3v) is 5.66. The summed E-state index contributed by atoms with van der Waals surface area (Å²) in [6.45, 7) is 6.13. The molecule has 4 nitrogen and oxygen atoms in total. The van der Waals surface area contributed by atoms with Crippen molar-refractivity contribution >= 4 is 21.6 Å². The molecule has 1 aliphatic rings. The summed E-state index contributed by atoms with van der Waals surface area (Å²) in [5.41, 5.74) is 1.05. The summed E-state index contributed by atoms with van der Waals surface area (Å²) < 4.78 is 0. The van der Waals surface area contributed by atoms with Crippen molar-refractivity contribution in [2.75, 3.05) is 0 Å². The molecule has 114 valence electrons. The highest BCUT2D eigenvalue weighted by molar-refractivity contribution is 7.18. The molecule has 1 unspecified atom stereocenters. The fraction of sp³-hybridized carbons (Fsp3) is 0.625. The van der Waals surface area contributed by atoms with Gasteiger partial charge in [0, 0.05) is 10.9 Å². The summed E-state index contributed by atoms with van der Waals surface area (Å²) in [5, 5.41) is 4.38. The van der Waals surface area contributed by atoms with Crippen LogP contribution < -0.4 is 10.9 Å². The third kappa shape index (κ3) is 2.90. The van der Waals surface area contributed by atoms with Crippen LogP contribution >= 0.6 is 11.3 Å². The molecule has 21 heavy (non-hydrogen) atoms. The number of aromatic nitrogens is 2. The summed E-state index contributed by atoms with van der Waals surface area (Å²) in [6, 6.07) is 0.648. The zero-order valence-electron chi connectivity index (χ0n) is 13.0. The van der Waals surface area contributed by atoms with Crippen molar-refractivity contribution in [3.8, 4) is 0 Å². The SMILES string of the molecule is Cc1sc2nc(C(C)NC3CCCCC3)[nH]c(=O)c2c1C. The number of hydrogen-bond acceptors (Lipinski definition) is 4. The molecule has 0 radical (unpaired) electrons. The number of thiophene rings is 1. The quantitative estimate of drug-likeness (QED) is 0.911. The second-order valence-corrected chi connectivity index (χ2v) is 7.34. The molecule has 0 saturated heterocycles. The van der Waals surface area contributed by atoms with Gasteiger partial charge in [0.05, 0.1) is 11.4 Å². The van der Waals surface area contributed by atoms with E-state index in [0.29, 0.717) is 6.04 Å². The van der Waals surface area contributed by atoms with Gasteiger partial charge >= 0.3 is 0 Å². The summed E-state index contributed by atoms with van der Waals surface area (Å²) in [5.74, 6) is 0.763. The molecule has 2 aromatic rings. The van der Waals surface area contributed by atoms with Crippen LogP contribution in [0.5, 0.6) is 0 Å². The number of aromatic amines is 1. The Hall–Kier alpha value is -1.20. The number of fused-ring (bicyclic) bond motifs is 1. The third-order valence-electron chi connectivity index (χ3n) is 4.56. The number of nitrogens with zero attached hydrogens (tertiary/aromatic N) is 1. The van der Waals surface area contributed by atoms with E-state index in [1.165, 1.54) is 37.0 Å². The number of hydrogen-bond donors (Lipinski definition) is 2. The van der Waals surface area contributed by atoms with Gasteiger partial charge in [-0.25, -0.2) is 4.98 Å². The van der Waals surface area contributed by atoms with Gasteiger partial charge in [-0.2, -0.15) is 0 Å². The molecule has 0 aromatic carbocycles. The van der Waals surface area contributed by atoms with E-state index in [9.17, 15) is 4.79 Å². The van der Waals surface area contributed by atoms with Crippen LogP contribution in [0, 0.1) is 13.8 Å². The second kappa shape index (κ2) is 5.89. The Kier molecular flexibility index (Phi) is 4.13. The van der Waals surface area contributed by atoms with Crippen molar-refractivity contribution in [2.24, 2.45) is 0 Å². The van der Waals surface area contributed by atoms with E-state index in [2.05, 4.69) is 22.2 Å². The molecular weight excluding hydrogens is 282 g/mol. The lowest BCUT2D eigenvalue weighted by atomic mass is 9.95. The molecule has 0 amide bonds. The Morgan fingerprint density at radius 1 is 1.29 bits per heavy atom. The Morgan fingerprint density at radius 3 is 2.71 bits per heavy atom. The van der Waals surface area contributed by atoms with Crippen LogP contribution in [0.1, 0.15) is 61.3 Å². The van der Waals surface area contributed by atoms with Gasteiger partial charge in [0.15, 0.2) is 0 Å². The predicted octanol–water partition coefficient (Wildman–Crippen LogP) is 3.58.